The third-order valence-electron chi connectivity index (χ3n) is 5.71. The summed E-state index contributed by atoms with van der Waals surface area (Å²) in [5.41, 5.74) is 3.40. The van der Waals surface area contributed by atoms with Gasteiger partial charge in [-0.05, 0) is 17.7 Å². The maximum Gasteiger partial charge on any atom is 2.00 e. The van der Waals surface area contributed by atoms with Crippen LogP contribution in [-0.4, -0.2) is 45.5 Å². The van der Waals surface area contributed by atoms with E-state index in [0.29, 0.717) is 19.8 Å². The van der Waals surface area contributed by atoms with Crippen molar-refractivity contribution in [2.24, 2.45) is 0 Å². The van der Waals surface area contributed by atoms with Crippen molar-refractivity contribution in [3.8, 4) is 11.5 Å². The molecule has 0 saturated carbocycles. The first-order chi connectivity index (χ1) is 20.9. The van der Waals surface area contributed by atoms with Crippen molar-refractivity contribution in [2.75, 3.05) is 39.4 Å². The Balaban J connectivity index is 0.000000802. The van der Waals surface area contributed by atoms with Gasteiger partial charge < -0.3 is 30.2 Å². The van der Waals surface area contributed by atoms with Crippen LogP contribution in [0.2, 0.25) is 0 Å². The Labute approximate surface area is 276 Å². The Morgan fingerprint density at radius 2 is 0.956 bits per heavy atom. The smallest absolute Gasteiger partial charge is 0.490 e. The molecule has 0 aromatic heterocycles. The van der Waals surface area contributed by atoms with Gasteiger partial charge in [0.25, 0.3) is 0 Å². The number of halogens is 2. The molecular formula is C28H35Cl2CoN3O11. The van der Waals surface area contributed by atoms with Gasteiger partial charge in [-0.3, -0.25) is 0 Å². The van der Waals surface area contributed by atoms with Gasteiger partial charge in [-0.25, -0.2) is 37.3 Å². The van der Waals surface area contributed by atoms with Gasteiger partial charge in [-0.15, -0.1) is 20.5 Å². The second-order valence-electron chi connectivity index (χ2n) is 9.12. The van der Waals surface area contributed by atoms with Crippen LogP contribution in [0.15, 0.2) is 78.9 Å². The predicted octanol–water partition coefficient (Wildman–Crippen LogP) is -6.00. The summed E-state index contributed by atoms with van der Waals surface area (Å²) in [6.45, 7) is 6.47. The molecule has 17 heteroatoms. The standard InChI is InChI=1S/C28H35N3O3.2ClHO4.Co/c1-2-8-23(9-3-1)20-32-26-21-33-27-12-6-4-10-24(27)18-30-16-14-29-15-17-31-19-25-11-5-7-13-28(25)34-22-26;2*2-1(3,4)5;/h1-13,26,29-31H,14-22H2;2*(H,2,3,4,5);/q;;;+2/p-2. The quantitative estimate of drug-likeness (QED) is 0.228. The molecule has 0 aliphatic carbocycles. The second-order valence-corrected chi connectivity index (χ2v) is 10.6. The number of ether oxygens (including phenoxy) is 3. The largest absolute Gasteiger partial charge is 2.00 e. The average molecular weight is 719 g/mol. The molecule has 0 atom stereocenters. The summed E-state index contributed by atoms with van der Waals surface area (Å²) in [7, 11) is -9.89. The van der Waals surface area contributed by atoms with Crippen LogP contribution in [-0.2, 0) is 41.2 Å². The summed E-state index contributed by atoms with van der Waals surface area (Å²) in [6.07, 6.45) is -0.217. The fraction of sp³-hybridized carbons (Fsp3) is 0.357. The Morgan fingerprint density at radius 1 is 0.578 bits per heavy atom. The predicted molar refractivity (Wildman–Crippen MR) is 135 cm³/mol. The summed E-state index contributed by atoms with van der Waals surface area (Å²) in [6, 6.07) is 26.5. The summed E-state index contributed by atoms with van der Waals surface area (Å²) in [4.78, 5) is 0. The molecule has 0 bridgehead atoms. The van der Waals surface area contributed by atoms with Crippen molar-refractivity contribution in [2.45, 2.75) is 25.8 Å². The Hall–Kier alpha value is -2.13. The van der Waals surface area contributed by atoms with Gasteiger partial charge in [0.05, 0.1) is 6.61 Å². The number of nitrogens with one attached hydrogen (secondary N) is 3. The number of benzene rings is 3. The normalized spacial score (nSPS) is 15.3. The van der Waals surface area contributed by atoms with E-state index in [1.165, 1.54) is 0 Å². The molecule has 0 amide bonds. The third kappa shape index (κ3) is 22.1. The van der Waals surface area contributed by atoms with Crippen LogP contribution in [0.5, 0.6) is 11.5 Å². The number of hydrogen-bond donors (Lipinski definition) is 3. The number of para-hydroxylation sites is 2. The molecule has 0 saturated heterocycles. The molecule has 1 radical (unpaired) electrons. The van der Waals surface area contributed by atoms with Crippen molar-refractivity contribution in [3.05, 3.63) is 95.6 Å². The van der Waals surface area contributed by atoms with Crippen molar-refractivity contribution in [1.82, 2.24) is 16.0 Å². The minimum absolute atomic E-state index is 0. The molecule has 1 aliphatic heterocycles. The van der Waals surface area contributed by atoms with Crippen LogP contribution < -0.4 is 62.7 Å². The van der Waals surface area contributed by atoms with E-state index in [9.17, 15) is 0 Å². The molecule has 3 aromatic rings. The van der Waals surface area contributed by atoms with Gasteiger partial charge in [-0.2, -0.15) is 0 Å². The summed E-state index contributed by atoms with van der Waals surface area (Å²) < 4.78 is 86.7. The molecular weight excluding hydrogens is 684 g/mol. The van der Waals surface area contributed by atoms with Crippen molar-refractivity contribution >= 4 is 0 Å². The third-order valence-corrected chi connectivity index (χ3v) is 5.71. The van der Waals surface area contributed by atoms with Gasteiger partial charge >= 0.3 is 16.8 Å². The summed E-state index contributed by atoms with van der Waals surface area (Å²) >= 11 is 0. The zero-order chi connectivity index (χ0) is 32.3. The van der Waals surface area contributed by atoms with E-state index in [2.05, 4.69) is 40.2 Å². The molecule has 3 N–H and O–H groups in total. The zero-order valence-corrected chi connectivity index (χ0v) is 26.6. The van der Waals surface area contributed by atoms with E-state index in [1.54, 1.807) is 0 Å². The van der Waals surface area contributed by atoms with E-state index < -0.39 is 20.5 Å². The minimum atomic E-state index is -4.94. The zero-order valence-electron chi connectivity index (χ0n) is 24.0. The molecule has 0 spiro atoms. The number of hydrogen-bond acceptors (Lipinski definition) is 14. The Morgan fingerprint density at radius 3 is 1.40 bits per heavy atom. The van der Waals surface area contributed by atoms with Gasteiger partial charge in [0, 0.05) is 50.4 Å². The van der Waals surface area contributed by atoms with Crippen LogP contribution in [0.3, 0.4) is 0 Å². The first kappa shape index (κ1) is 40.9. The second kappa shape index (κ2) is 22.4. The first-order valence-electron chi connectivity index (χ1n) is 13.3. The molecule has 0 fully saturated rings. The SMILES string of the molecule is [Co+2].[O-][Cl+3]([O-])([O-])[O-].[O-][Cl+3]([O-])([O-])[O-].c1ccc(COC2COc3ccccc3CNCCNCCNCc3ccccc3OC2)cc1. The fourth-order valence-electron chi connectivity index (χ4n) is 3.80. The Bertz CT molecular complexity index is 1110. The maximum atomic E-state index is 8.49. The molecule has 3 aromatic carbocycles. The molecule has 45 heavy (non-hydrogen) atoms. The van der Waals surface area contributed by atoms with E-state index in [-0.39, 0.29) is 22.9 Å². The monoisotopic (exact) mass is 718 g/mol. The van der Waals surface area contributed by atoms with Crippen LogP contribution >= 0.6 is 0 Å². The van der Waals surface area contributed by atoms with E-state index >= 15 is 0 Å². The topological polar surface area (TPSA) is 248 Å². The fourth-order valence-corrected chi connectivity index (χ4v) is 3.80. The van der Waals surface area contributed by atoms with Gasteiger partial charge in [0.15, 0.2) is 0 Å². The van der Waals surface area contributed by atoms with E-state index in [1.807, 2.05) is 54.6 Å². The Kier molecular flexibility index (Phi) is 20.4. The number of rotatable bonds is 3. The average Bonchev–Trinajstić information content (AvgIpc) is 2.95. The number of fused-ring (bicyclic) bond motifs is 2. The minimum Gasteiger partial charge on any atom is -0.490 e. The molecule has 4 rings (SSSR count). The van der Waals surface area contributed by atoms with Crippen LogP contribution in [0.4, 0.5) is 0 Å². The van der Waals surface area contributed by atoms with Crippen LogP contribution in [0.25, 0.3) is 0 Å². The molecule has 0 unspecified atom stereocenters. The first-order valence-corrected chi connectivity index (χ1v) is 15.8. The van der Waals surface area contributed by atoms with Gasteiger partial charge in [-0.1, -0.05) is 66.7 Å². The maximum absolute atomic E-state index is 8.49. The van der Waals surface area contributed by atoms with Gasteiger partial charge in [0.1, 0.15) is 30.8 Å². The molecule has 14 nitrogen and oxygen atoms in total. The summed E-state index contributed by atoms with van der Waals surface area (Å²) in [5, 5.41) is 10.5. The van der Waals surface area contributed by atoms with Crippen molar-refractivity contribution in [1.29, 1.82) is 0 Å². The van der Waals surface area contributed by atoms with Crippen molar-refractivity contribution < 1.29 is 88.7 Å². The molecule has 251 valence electrons. The van der Waals surface area contributed by atoms with E-state index in [4.69, 9.17) is 51.5 Å². The molecule has 1 heterocycles. The van der Waals surface area contributed by atoms with Crippen molar-refractivity contribution in [3.63, 3.8) is 0 Å². The van der Waals surface area contributed by atoms with Gasteiger partial charge in [0.2, 0.25) is 0 Å². The van der Waals surface area contributed by atoms with Crippen LogP contribution in [0.1, 0.15) is 16.7 Å². The summed E-state index contributed by atoms with van der Waals surface area (Å²) in [5.74, 6) is 1.75. The van der Waals surface area contributed by atoms with Crippen LogP contribution in [0, 0.1) is 20.5 Å². The van der Waals surface area contributed by atoms with E-state index in [0.717, 1.165) is 67.5 Å². The molecule has 1 aliphatic rings.